The summed E-state index contributed by atoms with van der Waals surface area (Å²) in [6.07, 6.45) is 1.19. The van der Waals surface area contributed by atoms with Gasteiger partial charge >= 0.3 is 11.6 Å². The summed E-state index contributed by atoms with van der Waals surface area (Å²) in [4.78, 5) is 32.9. The Morgan fingerprint density at radius 3 is 2.67 bits per heavy atom. The minimum atomic E-state index is -0.671. The van der Waals surface area contributed by atoms with Gasteiger partial charge in [-0.3, -0.25) is 29.5 Å². The van der Waals surface area contributed by atoms with E-state index in [1.54, 1.807) is 0 Å². The normalized spacial score (nSPS) is 11.0. The van der Waals surface area contributed by atoms with Gasteiger partial charge in [-0.2, -0.15) is 5.10 Å². The summed E-state index contributed by atoms with van der Waals surface area (Å²) in [5.41, 5.74) is 1.51. The summed E-state index contributed by atoms with van der Waals surface area (Å²) < 4.78 is 7.00. The first kappa shape index (κ1) is 14.2. The number of hydrazone groups is 1. The highest BCUT2D eigenvalue weighted by atomic mass is 16.6. The molecule has 0 aliphatic carbocycles. The molecule has 0 saturated heterocycles. The zero-order valence-corrected chi connectivity index (χ0v) is 11.1. The van der Waals surface area contributed by atoms with E-state index in [2.05, 4.69) is 10.5 Å². The quantitative estimate of drug-likeness (QED) is 0.481. The van der Waals surface area contributed by atoms with E-state index in [1.165, 1.54) is 43.1 Å². The van der Waals surface area contributed by atoms with E-state index in [0.717, 1.165) is 4.57 Å². The van der Waals surface area contributed by atoms with Crippen molar-refractivity contribution >= 4 is 17.9 Å². The number of hydrogen-bond donors (Lipinski definition) is 1. The van der Waals surface area contributed by atoms with Crippen LogP contribution in [0.2, 0.25) is 0 Å². The lowest BCUT2D eigenvalue weighted by Crippen LogP contribution is -2.37. The van der Waals surface area contributed by atoms with Crippen LogP contribution in [0.25, 0.3) is 0 Å². The number of nitrogens with zero attached hydrogens (tertiary/aromatic N) is 4. The Morgan fingerprint density at radius 2 is 2.05 bits per heavy atom. The van der Waals surface area contributed by atoms with Gasteiger partial charge in [-0.25, -0.2) is 4.79 Å². The maximum atomic E-state index is 11.7. The van der Waals surface area contributed by atoms with Gasteiger partial charge in [-0.05, 0) is 6.07 Å². The van der Waals surface area contributed by atoms with Crippen LogP contribution in [-0.4, -0.2) is 20.3 Å². The van der Waals surface area contributed by atoms with Crippen molar-refractivity contribution in [2.75, 3.05) is 5.43 Å². The van der Waals surface area contributed by atoms with Crippen molar-refractivity contribution in [1.29, 1.82) is 0 Å². The molecule has 2 heterocycles. The third kappa shape index (κ3) is 2.88. The Labute approximate surface area is 117 Å². The van der Waals surface area contributed by atoms with E-state index < -0.39 is 22.1 Å². The molecule has 1 N–H and O–H groups in total. The average molecular weight is 293 g/mol. The third-order valence-electron chi connectivity index (χ3n) is 2.69. The summed E-state index contributed by atoms with van der Waals surface area (Å²) in [6, 6.07) is 3.76. The Hall–Kier alpha value is -3.17. The fourth-order valence-corrected chi connectivity index (χ4v) is 1.51. The molecule has 0 aliphatic rings. The minimum absolute atomic E-state index is 0.156. The van der Waals surface area contributed by atoms with Crippen LogP contribution in [0.3, 0.4) is 0 Å². The number of furan rings is 1. The third-order valence-corrected chi connectivity index (χ3v) is 2.69. The summed E-state index contributed by atoms with van der Waals surface area (Å²) >= 11 is 0. The number of nitrogens with one attached hydrogen (secondary N) is 1. The van der Waals surface area contributed by atoms with Crippen LogP contribution in [0, 0.1) is 10.1 Å². The van der Waals surface area contributed by atoms with Crippen LogP contribution in [0.15, 0.2) is 37.3 Å². The van der Waals surface area contributed by atoms with Gasteiger partial charge in [0.2, 0.25) is 0 Å². The largest absolute Gasteiger partial charge is 0.433 e. The van der Waals surface area contributed by atoms with Crippen molar-refractivity contribution in [3.8, 4) is 0 Å². The maximum Gasteiger partial charge on any atom is 0.433 e. The van der Waals surface area contributed by atoms with Crippen molar-refractivity contribution in [3.63, 3.8) is 0 Å². The van der Waals surface area contributed by atoms with Gasteiger partial charge in [0.05, 0.1) is 12.3 Å². The van der Waals surface area contributed by atoms with Crippen molar-refractivity contribution in [2.24, 2.45) is 19.2 Å². The summed E-state index contributed by atoms with van der Waals surface area (Å²) in [5, 5.41) is 14.2. The Balaban J connectivity index is 2.20. The second-order valence-electron chi connectivity index (χ2n) is 4.07. The van der Waals surface area contributed by atoms with Crippen LogP contribution in [0.4, 0.5) is 11.7 Å². The Bertz CT molecular complexity index is 828. The van der Waals surface area contributed by atoms with E-state index >= 15 is 0 Å². The van der Waals surface area contributed by atoms with Crippen LogP contribution >= 0.6 is 0 Å². The number of rotatable bonds is 4. The van der Waals surface area contributed by atoms with Gasteiger partial charge in [0.25, 0.3) is 5.56 Å². The van der Waals surface area contributed by atoms with Gasteiger partial charge in [-0.1, -0.05) is 0 Å². The first-order valence-electron chi connectivity index (χ1n) is 5.70. The predicted molar refractivity (Wildman–Crippen MR) is 73.5 cm³/mol. The maximum absolute atomic E-state index is 11.7. The van der Waals surface area contributed by atoms with Gasteiger partial charge in [0.15, 0.2) is 5.76 Å². The second-order valence-corrected chi connectivity index (χ2v) is 4.07. The molecule has 0 atom stereocenters. The topological polar surface area (TPSA) is 125 Å². The smallest absolute Gasteiger partial charge is 0.400 e. The van der Waals surface area contributed by atoms with E-state index in [0.29, 0.717) is 0 Å². The molecule has 110 valence electrons. The van der Waals surface area contributed by atoms with E-state index in [4.69, 9.17) is 4.42 Å². The highest BCUT2D eigenvalue weighted by molar-refractivity contribution is 5.76. The highest BCUT2D eigenvalue weighted by Gasteiger charge is 2.10. The van der Waals surface area contributed by atoms with E-state index in [1.807, 2.05) is 0 Å². The van der Waals surface area contributed by atoms with Crippen LogP contribution in [0.5, 0.6) is 0 Å². The van der Waals surface area contributed by atoms with E-state index in [-0.39, 0.29) is 11.6 Å². The zero-order valence-electron chi connectivity index (χ0n) is 11.1. The molecule has 0 fully saturated rings. The van der Waals surface area contributed by atoms with Crippen molar-refractivity contribution < 1.29 is 9.34 Å². The molecule has 0 spiro atoms. The molecule has 0 amide bonds. The van der Waals surface area contributed by atoms with Gasteiger partial charge in [0.1, 0.15) is 10.7 Å². The molecule has 21 heavy (non-hydrogen) atoms. The number of nitro groups is 1. The summed E-state index contributed by atoms with van der Waals surface area (Å²) in [5.74, 6) is -0.0686. The lowest BCUT2D eigenvalue weighted by atomic mass is 10.5. The molecular weight excluding hydrogens is 282 g/mol. The molecule has 0 aromatic carbocycles. The molecule has 0 unspecified atom stereocenters. The molecule has 0 saturated carbocycles. The zero-order chi connectivity index (χ0) is 15.6. The first-order chi connectivity index (χ1) is 9.90. The van der Waals surface area contributed by atoms with Crippen LogP contribution in [0.1, 0.15) is 5.76 Å². The molecule has 10 nitrogen and oxygen atoms in total. The lowest BCUT2D eigenvalue weighted by molar-refractivity contribution is -0.402. The lowest BCUT2D eigenvalue weighted by Gasteiger charge is -2.07. The summed E-state index contributed by atoms with van der Waals surface area (Å²) in [6.45, 7) is 0. The first-order valence-corrected chi connectivity index (χ1v) is 5.70. The number of anilines is 1. The number of hydrogen-bond acceptors (Lipinski definition) is 7. The average Bonchev–Trinajstić information content (AvgIpc) is 2.91. The second kappa shape index (κ2) is 5.45. The van der Waals surface area contributed by atoms with Crippen LogP contribution in [-0.2, 0) is 14.1 Å². The van der Waals surface area contributed by atoms with Crippen molar-refractivity contribution in [3.05, 3.63) is 54.9 Å². The minimum Gasteiger partial charge on any atom is -0.400 e. The molecule has 2 rings (SSSR count). The molecule has 10 heteroatoms. The highest BCUT2D eigenvalue weighted by Crippen LogP contribution is 2.13. The molecule has 0 radical (unpaired) electrons. The van der Waals surface area contributed by atoms with Crippen LogP contribution < -0.4 is 16.7 Å². The predicted octanol–water partition coefficient (Wildman–Crippen LogP) is 0.0312. The summed E-state index contributed by atoms with van der Waals surface area (Å²) in [7, 11) is 2.83. The molecule has 0 aliphatic heterocycles. The van der Waals surface area contributed by atoms with Gasteiger partial charge < -0.3 is 4.42 Å². The van der Waals surface area contributed by atoms with Crippen molar-refractivity contribution in [1.82, 2.24) is 9.13 Å². The fraction of sp³-hybridized carbons (Fsp3) is 0.182. The SMILES string of the molecule is Cn1c(N/N=C\c2ccc([N+](=O)[O-])o2)cc(=O)n(C)c1=O. The standard InChI is InChI=1S/C11H11N5O5/c1-14-8(5-9(17)15(2)11(14)18)13-12-6-7-3-4-10(21-7)16(19)20/h3-6,13H,1-2H3/b12-6-. The molecular formula is C11H11N5O5. The van der Waals surface area contributed by atoms with Gasteiger partial charge in [-0.15, -0.1) is 0 Å². The monoisotopic (exact) mass is 293 g/mol. The van der Waals surface area contributed by atoms with Gasteiger partial charge in [0, 0.05) is 20.2 Å². The number of aromatic nitrogens is 2. The van der Waals surface area contributed by atoms with E-state index in [9.17, 15) is 19.7 Å². The molecule has 2 aromatic heterocycles. The molecule has 0 bridgehead atoms. The molecule has 2 aromatic rings. The van der Waals surface area contributed by atoms with Crippen molar-refractivity contribution in [2.45, 2.75) is 0 Å². The fourth-order valence-electron chi connectivity index (χ4n) is 1.51. The Kier molecular flexibility index (Phi) is 3.69. The Morgan fingerprint density at radius 1 is 1.33 bits per heavy atom.